The van der Waals surface area contributed by atoms with Crippen molar-refractivity contribution in [2.75, 3.05) is 0 Å². The molecule has 0 heteroatoms. The fraction of sp³-hybridized carbons (Fsp3) is 0. The van der Waals surface area contributed by atoms with Crippen LogP contribution in [0.1, 0.15) is 0 Å². The maximum Gasteiger partial charge on any atom is -0.00199 e. The van der Waals surface area contributed by atoms with Crippen LogP contribution in [0.25, 0.3) is 131 Å². The van der Waals surface area contributed by atoms with Crippen LogP contribution in [0.5, 0.6) is 0 Å². The Bertz CT molecular complexity index is 3930. The van der Waals surface area contributed by atoms with E-state index in [4.69, 9.17) is 0 Å². The van der Waals surface area contributed by atoms with Crippen molar-refractivity contribution < 1.29 is 0 Å². The number of hydrogen-bond donors (Lipinski definition) is 0. The van der Waals surface area contributed by atoms with Crippen LogP contribution in [0.2, 0.25) is 0 Å². The summed E-state index contributed by atoms with van der Waals surface area (Å²) in [6.45, 7) is 0. The third-order valence-electron chi connectivity index (χ3n) is 13.6. The van der Waals surface area contributed by atoms with Crippen molar-refractivity contribution in [2.24, 2.45) is 0 Å². The average molecular weight is 809 g/mol. The molecule has 0 unspecified atom stereocenters. The molecule has 0 aliphatic carbocycles. The molecule has 13 aromatic rings. The monoisotopic (exact) mass is 808 g/mol. The summed E-state index contributed by atoms with van der Waals surface area (Å²) in [7, 11) is 0. The molecule has 0 bridgehead atoms. The molecule has 64 heavy (non-hydrogen) atoms. The molecule has 0 fully saturated rings. The first kappa shape index (κ1) is 36.3. The van der Waals surface area contributed by atoms with Gasteiger partial charge >= 0.3 is 0 Å². The van der Waals surface area contributed by atoms with Crippen LogP contribution in [-0.2, 0) is 0 Å². The Labute approximate surface area is 371 Å². The summed E-state index contributed by atoms with van der Waals surface area (Å²) in [6.07, 6.45) is 0. The highest BCUT2D eigenvalue weighted by molar-refractivity contribution is 6.26. The molecule has 0 aliphatic rings. The highest BCUT2D eigenvalue weighted by atomic mass is 14.2. The van der Waals surface area contributed by atoms with Gasteiger partial charge in [0.1, 0.15) is 0 Å². The maximum absolute atomic E-state index is 2.45. The van der Waals surface area contributed by atoms with Gasteiger partial charge in [-0.1, -0.05) is 231 Å². The lowest BCUT2D eigenvalue weighted by atomic mass is 9.82. The topological polar surface area (TPSA) is 0 Å². The summed E-state index contributed by atoms with van der Waals surface area (Å²) >= 11 is 0. The Balaban J connectivity index is 1.02. The van der Waals surface area contributed by atoms with Crippen molar-refractivity contribution in [1.29, 1.82) is 0 Å². The number of rotatable bonds is 5. The molecule has 0 amide bonds. The third kappa shape index (κ3) is 5.70. The Hall–Kier alpha value is -8.32. The molecule has 0 aliphatic heterocycles. The van der Waals surface area contributed by atoms with Crippen LogP contribution in [0, 0.1) is 0 Å². The first-order valence-corrected chi connectivity index (χ1v) is 22.2. The maximum atomic E-state index is 2.45. The van der Waals surface area contributed by atoms with E-state index in [2.05, 4.69) is 243 Å². The smallest absolute Gasteiger partial charge is 0.00199 e. The van der Waals surface area contributed by atoms with E-state index < -0.39 is 0 Å². The molecule has 0 atom stereocenters. The molecule has 0 nitrogen and oxygen atoms in total. The molecule has 0 saturated heterocycles. The first-order valence-electron chi connectivity index (χ1n) is 22.2. The van der Waals surface area contributed by atoms with Crippen molar-refractivity contribution in [2.45, 2.75) is 0 Å². The lowest BCUT2D eigenvalue weighted by Crippen LogP contribution is -1.93. The highest BCUT2D eigenvalue weighted by Gasteiger charge is 2.21. The highest BCUT2D eigenvalue weighted by Crippen LogP contribution is 2.48. The van der Waals surface area contributed by atoms with Gasteiger partial charge in [0, 0.05) is 0 Å². The minimum Gasteiger partial charge on any atom is -0.0616 e. The predicted octanol–water partition coefficient (Wildman–Crippen LogP) is 18.1. The van der Waals surface area contributed by atoms with Crippen LogP contribution in [0.15, 0.2) is 243 Å². The van der Waals surface area contributed by atoms with E-state index in [-0.39, 0.29) is 0 Å². The van der Waals surface area contributed by atoms with Gasteiger partial charge in [0.25, 0.3) is 0 Å². The average Bonchev–Trinajstić information content (AvgIpc) is 3.36. The number of benzene rings is 13. The Kier molecular flexibility index (Phi) is 8.32. The zero-order chi connectivity index (χ0) is 42.1. The normalized spacial score (nSPS) is 11.8. The second kappa shape index (κ2) is 14.7. The fourth-order valence-electron chi connectivity index (χ4n) is 10.7. The van der Waals surface area contributed by atoms with E-state index >= 15 is 0 Å². The van der Waals surface area contributed by atoms with Crippen molar-refractivity contribution in [3.8, 4) is 55.6 Å². The van der Waals surface area contributed by atoms with E-state index in [0.717, 1.165) is 0 Å². The molecular formula is C64H40. The molecule has 0 N–H and O–H groups in total. The minimum atomic E-state index is 1.19. The van der Waals surface area contributed by atoms with E-state index in [1.807, 2.05) is 0 Å². The molecule has 0 aromatic heterocycles. The van der Waals surface area contributed by atoms with E-state index in [9.17, 15) is 0 Å². The van der Waals surface area contributed by atoms with E-state index in [0.29, 0.717) is 0 Å². The molecule has 13 rings (SSSR count). The molecule has 0 spiro atoms. The van der Waals surface area contributed by atoms with Gasteiger partial charge in [-0.2, -0.15) is 0 Å². The van der Waals surface area contributed by atoms with Crippen LogP contribution in [0.3, 0.4) is 0 Å². The summed E-state index contributed by atoms with van der Waals surface area (Å²) in [5.74, 6) is 0. The number of fused-ring (bicyclic) bond motifs is 7. The lowest BCUT2D eigenvalue weighted by Gasteiger charge is -2.20. The summed E-state index contributed by atoms with van der Waals surface area (Å²) in [4.78, 5) is 0. The summed E-state index contributed by atoms with van der Waals surface area (Å²) in [5, 5.41) is 17.6. The van der Waals surface area contributed by atoms with Gasteiger partial charge in [0.2, 0.25) is 0 Å². The van der Waals surface area contributed by atoms with Gasteiger partial charge in [0.05, 0.1) is 0 Å². The summed E-state index contributed by atoms with van der Waals surface area (Å²) in [5.41, 5.74) is 12.4. The van der Waals surface area contributed by atoms with Crippen LogP contribution in [0.4, 0.5) is 0 Å². The van der Waals surface area contributed by atoms with Crippen molar-refractivity contribution in [3.05, 3.63) is 243 Å². The molecule has 296 valence electrons. The zero-order valence-corrected chi connectivity index (χ0v) is 35.1. The van der Waals surface area contributed by atoms with Crippen LogP contribution >= 0.6 is 0 Å². The van der Waals surface area contributed by atoms with Crippen molar-refractivity contribution >= 4 is 75.4 Å². The van der Waals surface area contributed by atoms with Crippen molar-refractivity contribution in [1.82, 2.24) is 0 Å². The summed E-state index contributed by atoms with van der Waals surface area (Å²) in [6, 6.07) is 90.0. The molecule has 0 heterocycles. The third-order valence-corrected chi connectivity index (χ3v) is 13.6. The van der Waals surface area contributed by atoms with Gasteiger partial charge < -0.3 is 0 Å². The standard InChI is InChI=1S/C64H40/c1-2-18-46-39-48(36-33-41(46)15-1)62-55-25-9-7-23-53(55)61(54-24-8-10-26-56(54)62)45-34-31-42(32-35-45)47-37-38-59-60(40-47)64(52-30-14-20-44-17-4-6-22-50(44)52)58-28-12-11-27-57(58)63(59)51-29-13-19-43-16-3-5-21-49(43)51/h1-40H. The first-order chi connectivity index (χ1) is 31.8. The molecule has 0 radical (unpaired) electrons. The van der Waals surface area contributed by atoms with E-state index in [1.165, 1.54) is 131 Å². The van der Waals surface area contributed by atoms with Gasteiger partial charge in [0.15, 0.2) is 0 Å². The predicted molar refractivity (Wildman–Crippen MR) is 276 cm³/mol. The zero-order valence-electron chi connectivity index (χ0n) is 35.1. The Morgan fingerprint density at radius 2 is 0.516 bits per heavy atom. The molecular weight excluding hydrogens is 769 g/mol. The summed E-state index contributed by atoms with van der Waals surface area (Å²) < 4.78 is 0. The SMILES string of the molecule is c1ccc2cc(-c3c4ccccc4c(-c4ccc(-c5ccc6c(-c7cccc8ccccc78)c7ccccc7c(-c7cccc8ccccc78)c6c5)cc4)c4ccccc34)ccc2c1. The Morgan fingerprint density at radius 1 is 0.156 bits per heavy atom. The van der Waals surface area contributed by atoms with Crippen LogP contribution in [-0.4, -0.2) is 0 Å². The van der Waals surface area contributed by atoms with Crippen LogP contribution < -0.4 is 0 Å². The second-order valence-corrected chi connectivity index (χ2v) is 17.1. The number of hydrogen-bond acceptors (Lipinski definition) is 0. The van der Waals surface area contributed by atoms with Crippen molar-refractivity contribution in [3.63, 3.8) is 0 Å². The Morgan fingerprint density at radius 3 is 1.06 bits per heavy atom. The fourth-order valence-corrected chi connectivity index (χ4v) is 10.7. The minimum absolute atomic E-state index is 1.19. The quantitative estimate of drug-likeness (QED) is 0.152. The lowest BCUT2D eigenvalue weighted by molar-refractivity contribution is 1.63. The molecule has 13 aromatic carbocycles. The largest absolute Gasteiger partial charge is 0.0616 e. The van der Waals surface area contributed by atoms with Gasteiger partial charge in [-0.25, -0.2) is 0 Å². The van der Waals surface area contributed by atoms with Gasteiger partial charge in [-0.3, -0.25) is 0 Å². The van der Waals surface area contributed by atoms with E-state index in [1.54, 1.807) is 0 Å². The van der Waals surface area contributed by atoms with Gasteiger partial charge in [-0.15, -0.1) is 0 Å². The second-order valence-electron chi connectivity index (χ2n) is 17.1. The van der Waals surface area contributed by atoms with Gasteiger partial charge in [-0.05, 0) is 143 Å². The molecule has 0 saturated carbocycles.